The summed E-state index contributed by atoms with van der Waals surface area (Å²) in [6, 6.07) is 14.3. The third-order valence-corrected chi connectivity index (χ3v) is 4.98. The van der Waals surface area contributed by atoms with E-state index in [1.807, 2.05) is 36.4 Å². The van der Waals surface area contributed by atoms with Gasteiger partial charge in [0.05, 0.1) is 25.3 Å². The van der Waals surface area contributed by atoms with Gasteiger partial charge in [-0.1, -0.05) is 30.3 Å². The van der Waals surface area contributed by atoms with Crippen LogP contribution in [0.5, 0.6) is 0 Å². The van der Waals surface area contributed by atoms with Gasteiger partial charge in [0.15, 0.2) is 0 Å². The van der Waals surface area contributed by atoms with Gasteiger partial charge in [-0.2, -0.15) is 0 Å². The first kappa shape index (κ1) is 15.4. The summed E-state index contributed by atoms with van der Waals surface area (Å²) in [5, 5.41) is 8.32. The van der Waals surface area contributed by atoms with E-state index in [0.717, 1.165) is 24.2 Å². The second-order valence-corrected chi connectivity index (χ2v) is 6.61. The van der Waals surface area contributed by atoms with E-state index in [4.69, 9.17) is 4.74 Å². The van der Waals surface area contributed by atoms with Gasteiger partial charge in [-0.25, -0.2) is 4.79 Å². The highest BCUT2D eigenvalue weighted by Gasteiger charge is 2.35. The predicted octanol–water partition coefficient (Wildman–Crippen LogP) is 2.82. The molecule has 4 rings (SSSR count). The Labute approximate surface area is 142 Å². The Morgan fingerprint density at radius 1 is 1.04 bits per heavy atom. The summed E-state index contributed by atoms with van der Waals surface area (Å²) in [6.07, 6.45) is 2.49. The number of carbonyl (C=O) groups is 1. The second-order valence-electron chi connectivity index (χ2n) is 6.61. The van der Waals surface area contributed by atoms with Gasteiger partial charge in [-0.3, -0.25) is 4.90 Å². The van der Waals surface area contributed by atoms with Gasteiger partial charge in [0.1, 0.15) is 0 Å². The van der Waals surface area contributed by atoms with E-state index in [1.165, 1.54) is 18.2 Å². The van der Waals surface area contributed by atoms with E-state index in [2.05, 4.69) is 21.6 Å². The number of fused-ring (bicyclic) bond motifs is 1. The molecule has 2 aliphatic heterocycles. The Morgan fingerprint density at radius 2 is 1.83 bits per heavy atom. The number of anilines is 1. The number of benzene rings is 2. The minimum absolute atomic E-state index is 0.0588. The zero-order valence-electron chi connectivity index (χ0n) is 13.7. The molecule has 5 nitrogen and oxygen atoms in total. The molecular weight excluding hydrogens is 302 g/mol. The van der Waals surface area contributed by atoms with Crippen LogP contribution in [0.3, 0.4) is 0 Å². The van der Waals surface area contributed by atoms with Crippen LogP contribution < -0.4 is 10.6 Å². The van der Waals surface area contributed by atoms with Crippen molar-refractivity contribution >= 4 is 22.5 Å². The fraction of sp³-hybridized carbons (Fsp3) is 0.421. The predicted molar refractivity (Wildman–Crippen MR) is 95.3 cm³/mol. The third kappa shape index (κ3) is 3.23. The van der Waals surface area contributed by atoms with Crippen LogP contribution >= 0.6 is 0 Å². The summed E-state index contributed by atoms with van der Waals surface area (Å²) in [5.74, 6) is 0. The van der Waals surface area contributed by atoms with E-state index < -0.39 is 0 Å². The molecule has 0 aromatic heterocycles. The number of hydrogen-bond donors (Lipinski definition) is 2. The van der Waals surface area contributed by atoms with Crippen molar-refractivity contribution in [2.24, 2.45) is 0 Å². The summed E-state index contributed by atoms with van der Waals surface area (Å²) in [5.41, 5.74) is 0.808. The van der Waals surface area contributed by atoms with Gasteiger partial charge in [0, 0.05) is 5.69 Å². The van der Waals surface area contributed by atoms with Crippen LogP contribution in [0.4, 0.5) is 10.5 Å². The van der Waals surface area contributed by atoms with Crippen molar-refractivity contribution in [3.05, 3.63) is 42.5 Å². The fourth-order valence-corrected chi connectivity index (χ4v) is 3.72. The monoisotopic (exact) mass is 325 g/mol. The maximum atomic E-state index is 12.4. The third-order valence-electron chi connectivity index (χ3n) is 4.98. The molecule has 2 atom stereocenters. The van der Waals surface area contributed by atoms with Gasteiger partial charge < -0.3 is 15.4 Å². The van der Waals surface area contributed by atoms with Gasteiger partial charge in [0.2, 0.25) is 0 Å². The molecule has 2 aromatic rings. The van der Waals surface area contributed by atoms with E-state index in [9.17, 15) is 4.79 Å². The standard InChI is InChI=1S/C19H23N3O2/c23-19(20-16-8-7-14-5-1-2-6-15(14)11-16)21-17-12-24-13-18(17)22-9-3-4-10-22/h1-2,5-8,11,17-18H,3-4,9-10,12-13H2,(H2,20,21,23). The quantitative estimate of drug-likeness (QED) is 0.912. The highest BCUT2D eigenvalue weighted by Crippen LogP contribution is 2.20. The average molecular weight is 325 g/mol. The number of nitrogens with one attached hydrogen (secondary N) is 2. The van der Waals surface area contributed by atoms with E-state index >= 15 is 0 Å². The van der Waals surface area contributed by atoms with Crippen molar-refractivity contribution in [3.8, 4) is 0 Å². The molecule has 2 aromatic carbocycles. The number of hydrogen-bond acceptors (Lipinski definition) is 3. The Balaban J connectivity index is 1.40. The maximum absolute atomic E-state index is 12.4. The first-order valence-electron chi connectivity index (χ1n) is 8.68. The first-order chi connectivity index (χ1) is 11.8. The summed E-state index contributed by atoms with van der Waals surface area (Å²) >= 11 is 0. The Morgan fingerprint density at radius 3 is 2.67 bits per heavy atom. The highest BCUT2D eigenvalue weighted by atomic mass is 16.5. The normalized spacial score (nSPS) is 24.3. The molecule has 0 bridgehead atoms. The molecule has 24 heavy (non-hydrogen) atoms. The minimum Gasteiger partial charge on any atom is -0.378 e. The van der Waals surface area contributed by atoms with Crippen LogP contribution in [0.1, 0.15) is 12.8 Å². The fourth-order valence-electron chi connectivity index (χ4n) is 3.72. The zero-order chi connectivity index (χ0) is 16.4. The van der Waals surface area contributed by atoms with Crippen molar-refractivity contribution in [2.45, 2.75) is 24.9 Å². The van der Waals surface area contributed by atoms with Crippen LogP contribution in [0.15, 0.2) is 42.5 Å². The van der Waals surface area contributed by atoms with Crippen molar-refractivity contribution in [2.75, 3.05) is 31.6 Å². The Hall–Kier alpha value is -2.11. The van der Waals surface area contributed by atoms with Crippen molar-refractivity contribution in [3.63, 3.8) is 0 Å². The summed E-state index contributed by atoms with van der Waals surface area (Å²) in [4.78, 5) is 14.8. The van der Waals surface area contributed by atoms with Crippen LogP contribution in [0.2, 0.25) is 0 Å². The highest BCUT2D eigenvalue weighted by molar-refractivity contribution is 5.93. The Kier molecular flexibility index (Phi) is 4.36. The number of likely N-dealkylation sites (tertiary alicyclic amines) is 1. The molecule has 2 N–H and O–H groups in total. The van der Waals surface area contributed by atoms with E-state index in [0.29, 0.717) is 19.3 Å². The Bertz CT molecular complexity index is 727. The van der Waals surface area contributed by atoms with Gasteiger partial charge >= 0.3 is 6.03 Å². The van der Waals surface area contributed by atoms with Gasteiger partial charge in [-0.05, 0) is 48.8 Å². The molecular formula is C19H23N3O2. The maximum Gasteiger partial charge on any atom is 0.319 e. The molecule has 126 valence electrons. The lowest BCUT2D eigenvalue weighted by Crippen LogP contribution is -2.51. The van der Waals surface area contributed by atoms with Gasteiger partial charge in [-0.15, -0.1) is 0 Å². The smallest absolute Gasteiger partial charge is 0.319 e. The van der Waals surface area contributed by atoms with E-state index in [1.54, 1.807) is 0 Å². The number of rotatable bonds is 3. The number of urea groups is 1. The lowest BCUT2D eigenvalue weighted by atomic mass is 10.1. The van der Waals surface area contributed by atoms with Crippen molar-refractivity contribution in [1.82, 2.24) is 10.2 Å². The molecule has 0 radical (unpaired) electrons. The molecule has 0 spiro atoms. The largest absolute Gasteiger partial charge is 0.378 e. The molecule has 2 unspecified atom stereocenters. The van der Waals surface area contributed by atoms with E-state index in [-0.39, 0.29) is 12.1 Å². The average Bonchev–Trinajstić information content (AvgIpc) is 3.25. The minimum atomic E-state index is -0.162. The SMILES string of the molecule is O=C(Nc1ccc2ccccc2c1)NC1COCC1N1CCCC1. The van der Waals surface area contributed by atoms with Crippen LogP contribution in [0, 0.1) is 0 Å². The summed E-state index contributed by atoms with van der Waals surface area (Å²) < 4.78 is 5.61. The molecule has 2 amide bonds. The molecule has 2 heterocycles. The number of amides is 2. The molecule has 2 saturated heterocycles. The zero-order valence-corrected chi connectivity index (χ0v) is 13.7. The topological polar surface area (TPSA) is 53.6 Å². The molecule has 5 heteroatoms. The molecule has 0 aliphatic carbocycles. The summed E-state index contributed by atoms with van der Waals surface area (Å²) in [7, 11) is 0. The number of nitrogens with zero attached hydrogens (tertiary/aromatic N) is 1. The van der Waals surface area contributed by atoms with Crippen LogP contribution in [-0.4, -0.2) is 49.3 Å². The molecule has 2 fully saturated rings. The van der Waals surface area contributed by atoms with Crippen LogP contribution in [-0.2, 0) is 4.74 Å². The van der Waals surface area contributed by atoms with Crippen molar-refractivity contribution < 1.29 is 9.53 Å². The van der Waals surface area contributed by atoms with Crippen molar-refractivity contribution in [1.29, 1.82) is 0 Å². The number of ether oxygens (including phenoxy) is 1. The van der Waals surface area contributed by atoms with Gasteiger partial charge in [0.25, 0.3) is 0 Å². The number of carbonyl (C=O) groups excluding carboxylic acids is 1. The lowest BCUT2D eigenvalue weighted by Gasteiger charge is -2.27. The second kappa shape index (κ2) is 6.79. The molecule has 0 saturated carbocycles. The van der Waals surface area contributed by atoms with Crippen LogP contribution in [0.25, 0.3) is 10.8 Å². The molecule has 2 aliphatic rings. The lowest BCUT2D eigenvalue weighted by molar-refractivity contribution is 0.159. The first-order valence-corrected chi connectivity index (χ1v) is 8.68. The summed E-state index contributed by atoms with van der Waals surface area (Å²) in [6.45, 7) is 3.52.